The van der Waals surface area contributed by atoms with Crippen LogP contribution in [0.3, 0.4) is 0 Å². The molecular weight excluding hydrogens is 247 g/mol. The van der Waals surface area contributed by atoms with Gasteiger partial charge in [0.25, 0.3) is 0 Å². The molecule has 0 aromatic rings. The Morgan fingerprint density at radius 2 is 2.26 bits per heavy atom. The fourth-order valence-corrected chi connectivity index (χ4v) is 3.33. The summed E-state index contributed by atoms with van der Waals surface area (Å²) < 4.78 is 12.0. The minimum Gasteiger partial charge on any atom is -0.392 e. The van der Waals surface area contributed by atoms with Crippen LogP contribution in [-0.4, -0.2) is 54.9 Å². The van der Waals surface area contributed by atoms with E-state index >= 15 is 0 Å². The van der Waals surface area contributed by atoms with Crippen LogP contribution in [0.4, 0.5) is 4.39 Å². The van der Waals surface area contributed by atoms with E-state index in [1.54, 1.807) is 0 Å². The first-order valence-corrected chi connectivity index (χ1v) is 7.44. The second kappa shape index (κ2) is 6.66. The Balaban J connectivity index is 1.90. The van der Waals surface area contributed by atoms with Crippen LogP contribution >= 0.6 is 0 Å². The van der Waals surface area contributed by atoms with E-state index < -0.39 is 11.5 Å². The zero-order valence-corrected chi connectivity index (χ0v) is 11.5. The van der Waals surface area contributed by atoms with Gasteiger partial charge >= 0.3 is 0 Å². The van der Waals surface area contributed by atoms with Crippen LogP contribution in [0.5, 0.6) is 0 Å². The smallest absolute Gasteiger partial charge is 0.230 e. The third-order valence-electron chi connectivity index (χ3n) is 4.51. The number of aliphatic hydroxyl groups is 1. The molecule has 5 heteroatoms. The molecule has 0 aliphatic carbocycles. The molecule has 2 atom stereocenters. The molecule has 2 saturated heterocycles. The quantitative estimate of drug-likeness (QED) is 0.737. The molecule has 0 saturated carbocycles. The van der Waals surface area contributed by atoms with Gasteiger partial charge in [-0.15, -0.1) is 0 Å². The second-order valence-corrected chi connectivity index (χ2v) is 5.85. The maximum atomic E-state index is 12.2. The van der Waals surface area contributed by atoms with Gasteiger partial charge in [-0.2, -0.15) is 0 Å². The van der Waals surface area contributed by atoms with Crippen molar-refractivity contribution in [1.29, 1.82) is 0 Å². The number of hydrogen-bond acceptors (Lipinski definition) is 3. The first kappa shape index (κ1) is 14.7. The molecule has 2 rings (SSSR count). The van der Waals surface area contributed by atoms with Crippen molar-refractivity contribution >= 4 is 5.91 Å². The van der Waals surface area contributed by atoms with Gasteiger partial charge in [-0.1, -0.05) is 0 Å². The topological polar surface area (TPSA) is 52.6 Å². The number of halogens is 1. The predicted molar refractivity (Wildman–Crippen MR) is 71.6 cm³/mol. The average Bonchev–Trinajstić information content (AvgIpc) is 2.42. The van der Waals surface area contributed by atoms with Gasteiger partial charge in [-0.25, -0.2) is 0 Å². The highest BCUT2D eigenvalue weighted by atomic mass is 19.1. The number of piperidine rings is 2. The van der Waals surface area contributed by atoms with Crippen LogP contribution < -0.4 is 5.32 Å². The van der Waals surface area contributed by atoms with Crippen LogP contribution in [0.1, 0.15) is 38.5 Å². The van der Waals surface area contributed by atoms with Gasteiger partial charge in [-0.3, -0.25) is 9.18 Å². The molecule has 2 aliphatic heterocycles. The van der Waals surface area contributed by atoms with Gasteiger partial charge in [0, 0.05) is 19.6 Å². The number of nitrogens with zero attached hydrogens (tertiary/aromatic N) is 1. The molecule has 2 N–H and O–H groups in total. The van der Waals surface area contributed by atoms with E-state index in [2.05, 4.69) is 10.2 Å². The molecule has 0 unspecified atom stereocenters. The molecule has 2 aliphatic rings. The van der Waals surface area contributed by atoms with Gasteiger partial charge in [0.15, 0.2) is 0 Å². The highest BCUT2D eigenvalue weighted by Gasteiger charge is 2.49. The zero-order chi connectivity index (χ0) is 13.7. The third kappa shape index (κ3) is 3.26. The number of carbonyl (C=O) groups excluding carboxylic acids is 1. The number of hydrogen-bond donors (Lipinski definition) is 2. The van der Waals surface area contributed by atoms with Crippen molar-refractivity contribution < 1.29 is 14.3 Å². The number of likely N-dealkylation sites (tertiary alicyclic amines) is 1. The number of nitrogens with one attached hydrogen (secondary N) is 1. The van der Waals surface area contributed by atoms with Crippen molar-refractivity contribution in [2.45, 2.75) is 44.6 Å². The molecule has 0 bridgehead atoms. The largest absolute Gasteiger partial charge is 0.392 e. The number of aliphatic hydroxyl groups excluding tert-OH is 1. The van der Waals surface area contributed by atoms with Crippen molar-refractivity contribution in [2.24, 2.45) is 5.41 Å². The van der Waals surface area contributed by atoms with Crippen LogP contribution in [0, 0.1) is 5.41 Å². The van der Waals surface area contributed by atoms with Gasteiger partial charge in [0.05, 0.1) is 18.2 Å². The molecule has 0 aromatic heterocycles. The maximum Gasteiger partial charge on any atom is 0.230 e. The Bertz CT molecular complexity index is 314. The van der Waals surface area contributed by atoms with Gasteiger partial charge < -0.3 is 15.3 Å². The highest BCUT2D eigenvalue weighted by Crippen LogP contribution is 2.37. The van der Waals surface area contributed by atoms with Gasteiger partial charge in [0.2, 0.25) is 5.91 Å². The summed E-state index contributed by atoms with van der Waals surface area (Å²) in [7, 11) is 0. The summed E-state index contributed by atoms with van der Waals surface area (Å²) in [5.41, 5.74) is -0.601. The molecule has 19 heavy (non-hydrogen) atoms. The van der Waals surface area contributed by atoms with Crippen LogP contribution in [0.15, 0.2) is 0 Å². The van der Waals surface area contributed by atoms with Crippen LogP contribution in [0.25, 0.3) is 0 Å². The summed E-state index contributed by atoms with van der Waals surface area (Å²) in [6.45, 7) is 2.87. The number of rotatable bonds is 5. The molecule has 1 spiro atoms. The Labute approximate surface area is 114 Å². The van der Waals surface area contributed by atoms with E-state index in [0.29, 0.717) is 19.4 Å². The average molecular weight is 272 g/mol. The summed E-state index contributed by atoms with van der Waals surface area (Å²) >= 11 is 0. The lowest BCUT2D eigenvalue weighted by molar-refractivity contribution is -0.149. The Morgan fingerprint density at radius 1 is 1.42 bits per heavy atom. The van der Waals surface area contributed by atoms with E-state index in [9.17, 15) is 14.3 Å². The lowest BCUT2D eigenvalue weighted by atomic mass is 9.71. The molecule has 0 aromatic carbocycles. The minimum absolute atomic E-state index is 0.0136. The maximum absolute atomic E-state index is 12.2. The van der Waals surface area contributed by atoms with Crippen molar-refractivity contribution in [3.63, 3.8) is 0 Å². The first-order chi connectivity index (χ1) is 9.19. The van der Waals surface area contributed by atoms with Gasteiger partial charge in [0.1, 0.15) is 0 Å². The summed E-state index contributed by atoms with van der Waals surface area (Å²) in [6.07, 6.45) is 4.36. The van der Waals surface area contributed by atoms with Crippen LogP contribution in [0.2, 0.25) is 0 Å². The standard InChI is InChI=1S/C14H25FN2O2/c15-7-2-1-3-9-17-10-5-12(18)14(11-17)6-4-8-16-13(14)19/h12,18H,1-11H2,(H,16,19)/t12-,14-/m1/s1. The van der Waals surface area contributed by atoms with Crippen molar-refractivity contribution in [2.75, 3.05) is 32.9 Å². The van der Waals surface area contributed by atoms with E-state index in [0.717, 1.165) is 45.3 Å². The normalized spacial score (nSPS) is 32.5. The second-order valence-electron chi connectivity index (χ2n) is 5.85. The van der Waals surface area contributed by atoms with Crippen LogP contribution in [-0.2, 0) is 4.79 Å². The fraction of sp³-hybridized carbons (Fsp3) is 0.929. The van der Waals surface area contributed by atoms with E-state index in [-0.39, 0.29) is 12.6 Å². The summed E-state index contributed by atoms with van der Waals surface area (Å²) in [5.74, 6) is 0.0136. The molecule has 0 radical (unpaired) electrons. The fourth-order valence-electron chi connectivity index (χ4n) is 3.33. The summed E-state index contributed by atoms with van der Waals surface area (Å²) in [5, 5.41) is 13.1. The molecular formula is C14H25FN2O2. The van der Waals surface area contributed by atoms with Crippen molar-refractivity contribution in [1.82, 2.24) is 10.2 Å². The van der Waals surface area contributed by atoms with E-state index in [4.69, 9.17) is 0 Å². The molecule has 110 valence electrons. The Morgan fingerprint density at radius 3 is 3.00 bits per heavy atom. The zero-order valence-electron chi connectivity index (χ0n) is 11.5. The van der Waals surface area contributed by atoms with Crippen molar-refractivity contribution in [3.8, 4) is 0 Å². The van der Waals surface area contributed by atoms with Crippen molar-refractivity contribution in [3.05, 3.63) is 0 Å². The Kier molecular flexibility index (Phi) is 5.16. The number of carbonyl (C=O) groups is 1. The van der Waals surface area contributed by atoms with E-state index in [1.807, 2.05) is 0 Å². The molecule has 4 nitrogen and oxygen atoms in total. The summed E-state index contributed by atoms with van der Waals surface area (Å²) in [6, 6.07) is 0. The Hall–Kier alpha value is -0.680. The first-order valence-electron chi connectivity index (χ1n) is 7.44. The molecule has 2 fully saturated rings. The lowest BCUT2D eigenvalue weighted by Crippen LogP contribution is -2.61. The molecule has 1 amide bonds. The monoisotopic (exact) mass is 272 g/mol. The van der Waals surface area contributed by atoms with E-state index in [1.165, 1.54) is 0 Å². The summed E-state index contributed by atoms with van der Waals surface area (Å²) in [4.78, 5) is 14.4. The molecule has 2 heterocycles. The highest BCUT2D eigenvalue weighted by molar-refractivity contribution is 5.84. The third-order valence-corrected chi connectivity index (χ3v) is 4.51. The predicted octanol–water partition coefficient (Wildman–Crippen LogP) is 1.09. The number of alkyl halides is 1. The SMILES string of the molecule is O=C1NCCC[C@]12CN(CCCCCF)CC[C@H]2O. The minimum atomic E-state index is -0.601. The van der Waals surface area contributed by atoms with Gasteiger partial charge in [-0.05, 0) is 45.1 Å². The number of amides is 1. The number of unbranched alkanes of at least 4 members (excludes halogenated alkanes) is 2. The lowest BCUT2D eigenvalue weighted by Gasteiger charge is -2.47.